The first-order valence-corrected chi connectivity index (χ1v) is 7.38. The fraction of sp³-hybridized carbons (Fsp3) is 0.533. The Bertz CT molecular complexity index is 522. The van der Waals surface area contributed by atoms with Crippen LogP contribution in [0.2, 0.25) is 0 Å². The Morgan fingerprint density at radius 2 is 2.00 bits per heavy atom. The molecule has 0 spiro atoms. The van der Waals surface area contributed by atoms with Crippen molar-refractivity contribution in [1.29, 1.82) is 0 Å². The molecule has 0 aromatic heterocycles. The third-order valence-electron chi connectivity index (χ3n) is 4.05. The zero-order valence-corrected chi connectivity index (χ0v) is 12.6. The molecule has 1 unspecified atom stereocenters. The van der Waals surface area contributed by atoms with Crippen molar-refractivity contribution < 1.29 is 14.5 Å². The van der Waals surface area contributed by atoms with Crippen molar-refractivity contribution in [2.75, 3.05) is 19.7 Å². The summed E-state index contributed by atoms with van der Waals surface area (Å²) in [6, 6.07) is 5.86. The van der Waals surface area contributed by atoms with Gasteiger partial charge in [-0.25, -0.2) is 0 Å². The maximum absolute atomic E-state index is 12.1. The molecule has 120 valence electrons. The van der Waals surface area contributed by atoms with E-state index < -0.39 is 4.92 Å². The second kappa shape index (κ2) is 7.22. The zero-order chi connectivity index (χ0) is 16.1. The van der Waals surface area contributed by atoms with Gasteiger partial charge in [0.05, 0.1) is 4.92 Å². The molecule has 0 aliphatic carbocycles. The lowest BCUT2D eigenvalue weighted by Gasteiger charge is -2.33. The fourth-order valence-electron chi connectivity index (χ4n) is 2.58. The Labute approximate surface area is 129 Å². The highest BCUT2D eigenvalue weighted by atomic mass is 16.6. The SMILES string of the molecule is CC(N)C1CCN(C(=O)COc2ccc([N+](=O)[O-])cc2)CC1. The highest BCUT2D eigenvalue weighted by molar-refractivity contribution is 5.77. The van der Waals surface area contributed by atoms with Crippen molar-refractivity contribution in [2.45, 2.75) is 25.8 Å². The predicted octanol–water partition coefficient (Wildman–Crippen LogP) is 1.56. The molecule has 1 fully saturated rings. The van der Waals surface area contributed by atoms with E-state index in [1.54, 1.807) is 4.90 Å². The van der Waals surface area contributed by atoms with Gasteiger partial charge in [0.2, 0.25) is 0 Å². The molecule has 1 amide bonds. The van der Waals surface area contributed by atoms with Gasteiger partial charge in [0.15, 0.2) is 6.61 Å². The molecule has 0 bridgehead atoms. The Hall–Kier alpha value is -2.15. The van der Waals surface area contributed by atoms with E-state index in [1.807, 2.05) is 6.92 Å². The van der Waals surface area contributed by atoms with Crippen molar-refractivity contribution in [3.8, 4) is 5.75 Å². The molecule has 1 aliphatic rings. The average molecular weight is 307 g/mol. The molecular weight excluding hydrogens is 286 g/mol. The molecule has 1 saturated heterocycles. The summed E-state index contributed by atoms with van der Waals surface area (Å²) in [5, 5.41) is 10.6. The number of nitro benzene ring substituents is 1. The number of non-ortho nitro benzene ring substituents is 1. The molecular formula is C15H21N3O4. The number of carbonyl (C=O) groups is 1. The van der Waals surface area contributed by atoms with Crippen LogP contribution < -0.4 is 10.5 Å². The van der Waals surface area contributed by atoms with Gasteiger partial charge >= 0.3 is 0 Å². The summed E-state index contributed by atoms with van der Waals surface area (Å²) in [4.78, 5) is 23.9. The molecule has 1 heterocycles. The first-order chi connectivity index (χ1) is 10.5. The molecule has 0 radical (unpaired) electrons. The maximum atomic E-state index is 12.1. The van der Waals surface area contributed by atoms with Crippen LogP contribution in [0.3, 0.4) is 0 Å². The van der Waals surface area contributed by atoms with Crippen LogP contribution in [0.4, 0.5) is 5.69 Å². The monoisotopic (exact) mass is 307 g/mol. The molecule has 0 saturated carbocycles. The third kappa shape index (κ3) is 4.17. The quantitative estimate of drug-likeness (QED) is 0.657. The maximum Gasteiger partial charge on any atom is 0.269 e. The molecule has 7 heteroatoms. The van der Waals surface area contributed by atoms with Crippen LogP contribution in [0.25, 0.3) is 0 Å². The lowest BCUT2D eigenvalue weighted by Crippen LogP contribution is -2.44. The number of hydrogen-bond donors (Lipinski definition) is 1. The van der Waals surface area contributed by atoms with Gasteiger partial charge in [0, 0.05) is 31.3 Å². The van der Waals surface area contributed by atoms with Gasteiger partial charge in [-0.05, 0) is 37.8 Å². The van der Waals surface area contributed by atoms with Gasteiger partial charge in [0.1, 0.15) is 5.75 Å². The first kappa shape index (κ1) is 16.2. The van der Waals surface area contributed by atoms with E-state index in [9.17, 15) is 14.9 Å². The minimum absolute atomic E-state index is 0.00310. The van der Waals surface area contributed by atoms with E-state index in [4.69, 9.17) is 10.5 Å². The molecule has 1 aromatic rings. The van der Waals surface area contributed by atoms with Gasteiger partial charge in [-0.3, -0.25) is 14.9 Å². The zero-order valence-electron chi connectivity index (χ0n) is 12.6. The van der Waals surface area contributed by atoms with Crippen LogP contribution in [0.15, 0.2) is 24.3 Å². The van der Waals surface area contributed by atoms with E-state index in [2.05, 4.69) is 0 Å². The second-order valence-corrected chi connectivity index (χ2v) is 5.62. The van der Waals surface area contributed by atoms with Gasteiger partial charge in [-0.1, -0.05) is 0 Å². The summed E-state index contributed by atoms with van der Waals surface area (Å²) in [7, 11) is 0. The number of nitrogens with two attached hydrogens (primary N) is 1. The van der Waals surface area contributed by atoms with Crippen LogP contribution in [-0.4, -0.2) is 41.5 Å². The van der Waals surface area contributed by atoms with Crippen molar-refractivity contribution >= 4 is 11.6 Å². The number of benzene rings is 1. The summed E-state index contributed by atoms with van der Waals surface area (Å²) < 4.78 is 5.39. The van der Waals surface area contributed by atoms with Gasteiger partial charge in [-0.15, -0.1) is 0 Å². The van der Waals surface area contributed by atoms with Crippen LogP contribution in [0.1, 0.15) is 19.8 Å². The highest BCUT2D eigenvalue weighted by Crippen LogP contribution is 2.20. The smallest absolute Gasteiger partial charge is 0.269 e. The number of rotatable bonds is 5. The summed E-state index contributed by atoms with van der Waals surface area (Å²) >= 11 is 0. The number of likely N-dealkylation sites (tertiary alicyclic amines) is 1. The Morgan fingerprint density at radius 3 is 2.50 bits per heavy atom. The summed E-state index contributed by atoms with van der Waals surface area (Å²) in [6.45, 7) is 3.35. The lowest BCUT2D eigenvalue weighted by molar-refractivity contribution is -0.384. The third-order valence-corrected chi connectivity index (χ3v) is 4.05. The minimum atomic E-state index is -0.475. The van der Waals surface area contributed by atoms with E-state index in [-0.39, 0.29) is 24.2 Å². The predicted molar refractivity (Wildman–Crippen MR) is 81.5 cm³/mol. The number of carbonyl (C=O) groups excluding carboxylic acids is 1. The number of hydrogen-bond acceptors (Lipinski definition) is 5. The Balaban J connectivity index is 1.79. The largest absolute Gasteiger partial charge is 0.484 e. The number of piperidine rings is 1. The molecule has 1 aliphatic heterocycles. The van der Waals surface area contributed by atoms with Crippen molar-refractivity contribution in [2.24, 2.45) is 11.7 Å². The Kier molecular flexibility index (Phi) is 5.32. The van der Waals surface area contributed by atoms with Crippen molar-refractivity contribution in [3.05, 3.63) is 34.4 Å². The van der Waals surface area contributed by atoms with Crippen LogP contribution in [-0.2, 0) is 4.79 Å². The van der Waals surface area contributed by atoms with E-state index in [0.29, 0.717) is 24.8 Å². The standard InChI is InChI=1S/C15H21N3O4/c1-11(16)12-6-8-17(9-7-12)15(19)10-22-14-4-2-13(3-5-14)18(20)21/h2-5,11-12H,6-10,16H2,1H3. The second-order valence-electron chi connectivity index (χ2n) is 5.62. The van der Waals surface area contributed by atoms with Crippen molar-refractivity contribution in [1.82, 2.24) is 4.90 Å². The highest BCUT2D eigenvalue weighted by Gasteiger charge is 2.24. The fourth-order valence-corrected chi connectivity index (χ4v) is 2.58. The normalized spacial score (nSPS) is 17.1. The minimum Gasteiger partial charge on any atom is -0.484 e. The molecule has 7 nitrogen and oxygen atoms in total. The Morgan fingerprint density at radius 1 is 1.41 bits per heavy atom. The number of amides is 1. The molecule has 2 rings (SSSR count). The van der Waals surface area contributed by atoms with E-state index >= 15 is 0 Å². The number of nitrogens with zero attached hydrogens (tertiary/aromatic N) is 2. The van der Waals surface area contributed by atoms with E-state index in [1.165, 1.54) is 24.3 Å². The summed E-state index contributed by atoms with van der Waals surface area (Å²) in [5.74, 6) is 0.852. The van der Waals surface area contributed by atoms with Crippen LogP contribution >= 0.6 is 0 Å². The summed E-state index contributed by atoms with van der Waals surface area (Å²) in [6.07, 6.45) is 1.84. The molecule has 1 aromatic carbocycles. The lowest BCUT2D eigenvalue weighted by atomic mass is 9.91. The van der Waals surface area contributed by atoms with Gasteiger partial charge < -0.3 is 15.4 Å². The summed E-state index contributed by atoms with van der Waals surface area (Å²) in [5.41, 5.74) is 5.88. The molecule has 22 heavy (non-hydrogen) atoms. The molecule has 2 N–H and O–H groups in total. The van der Waals surface area contributed by atoms with Gasteiger partial charge in [0.25, 0.3) is 11.6 Å². The molecule has 1 atom stereocenters. The van der Waals surface area contributed by atoms with E-state index in [0.717, 1.165) is 12.8 Å². The average Bonchev–Trinajstić information content (AvgIpc) is 2.53. The number of nitro groups is 1. The topological polar surface area (TPSA) is 98.7 Å². The van der Waals surface area contributed by atoms with Crippen LogP contribution in [0, 0.1) is 16.0 Å². The van der Waals surface area contributed by atoms with Crippen molar-refractivity contribution in [3.63, 3.8) is 0 Å². The van der Waals surface area contributed by atoms with Gasteiger partial charge in [-0.2, -0.15) is 0 Å². The van der Waals surface area contributed by atoms with Crippen LogP contribution in [0.5, 0.6) is 5.75 Å². The number of ether oxygens (including phenoxy) is 1. The first-order valence-electron chi connectivity index (χ1n) is 7.38.